The van der Waals surface area contributed by atoms with E-state index in [1.54, 1.807) is 7.05 Å². The molecule has 2 N–H and O–H groups in total. The Morgan fingerprint density at radius 3 is 2.60 bits per heavy atom. The van der Waals surface area contributed by atoms with Crippen LogP contribution in [-0.2, 0) is 6.54 Å². The third-order valence-electron chi connectivity index (χ3n) is 3.40. The number of hydrogen-bond donors (Lipinski definition) is 2. The van der Waals surface area contributed by atoms with Crippen LogP contribution in [-0.4, -0.2) is 57.4 Å². The molecule has 8 heteroatoms. The Hall–Kier alpha value is -1.96. The van der Waals surface area contributed by atoms with Crippen molar-refractivity contribution in [3.05, 3.63) is 29.8 Å². The van der Waals surface area contributed by atoms with E-state index in [1.807, 2.05) is 31.2 Å². The highest BCUT2D eigenvalue weighted by Crippen LogP contribution is 2.17. The van der Waals surface area contributed by atoms with Gasteiger partial charge >= 0.3 is 6.18 Å². The molecule has 25 heavy (non-hydrogen) atoms. The summed E-state index contributed by atoms with van der Waals surface area (Å²) in [6, 6.07) is 7.73. The van der Waals surface area contributed by atoms with Crippen LogP contribution in [0.2, 0.25) is 0 Å². The van der Waals surface area contributed by atoms with Gasteiger partial charge < -0.3 is 15.4 Å². The topological polar surface area (TPSA) is 48.9 Å². The minimum Gasteiger partial charge on any atom is -0.494 e. The van der Waals surface area contributed by atoms with Crippen molar-refractivity contribution in [2.24, 2.45) is 4.99 Å². The van der Waals surface area contributed by atoms with Gasteiger partial charge in [-0.1, -0.05) is 18.2 Å². The maximum absolute atomic E-state index is 12.3. The SMILES string of the molecule is CCOc1ccccc1CNC(=NC)NCCCN(C)CC(F)(F)F. The van der Waals surface area contributed by atoms with E-state index in [0.29, 0.717) is 38.6 Å². The third-order valence-corrected chi connectivity index (χ3v) is 3.40. The quantitative estimate of drug-likeness (QED) is 0.404. The number of aliphatic imine (C=N–C) groups is 1. The average molecular weight is 360 g/mol. The number of nitrogens with one attached hydrogen (secondary N) is 2. The van der Waals surface area contributed by atoms with Crippen LogP contribution in [0.3, 0.4) is 0 Å². The van der Waals surface area contributed by atoms with Crippen LogP contribution in [0.4, 0.5) is 13.2 Å². The maximum Gasteiger partial charge on any atom is 0.401 e. The molecule has 0 aromatic heterocycles. The zero-order valence-electron chi connectivity index (χ0n) is 15.0. The average Bonchev–Trinajstić information content (AvgIpc) is 2.54. The van der Waals surface area contributed by atoms with E-state index in [9.17, 15) is 13.2 Å². The lowest BCUT2D eigenvalue weighted by Gasteiger charge is -2.19. The zero-order chi connectivity index (χ0) is 18.7. The molecule has 1 aromatic carbocycles. The maximum atomic E-state index is 12.3. The monoisotopic (exact) mass is 360 g/mol. The lowest BCUT2D eigenvalue weighted by molar-refractivity contribution is -0.143. The zero-order valence-corrected chi connectivity index (χ0v) is 15.0. The summed E-state index contributed by atoms with van der Waals surface area (Å²) >= 11 is 0. The summed E-state index contributed by atoms with van der Waals surface area (Å²) in [6.07, 6.45) is -3.57. The van der Waals surface area contributed by atoms with E-state index in [2.05, 4.69) is 15.6 Å². The molecule has 0 saturated heterocycles. The fourth-order valence-electron chi connectivity index (χ4n) is 2.29. The molecule has 1 rings (SSSR count). The van der Waals surface area contributed by atoms with Gasteiger partial charge in [0.1, 0.15) is 5.75 Å². The smallest absolute Gasteiger partial charge is 0.401 e. The number of para-hydroxylation sites is 1. The summed E-state index contributed by atoms with van der Waals surface area (Å²) in [5.74, 6) is 1.42. The molecule has 0 spiro atoms. The predicted molar refractivity (Wildman–Crippen MR) is 94.0 cm³/mol. The van der Waals surface area contributed by atoms with Crippen LogP contribution in [0.25, 0.3) is 0 Å². The van der Waals surface area contributed by atoms with Crippen molar-refractivity contribution >= 4 is 5.96 Å². The summed E-state index contributed by atoms with van der Waals surface area (Å²) in [5.41, 5.74) is 1.01. The van der Waals surface area contributed by atoms with E-state index in [0.717, 1.165) is 11.3 Å². The Morgan fingerprint density at radius 1 is 1.24 bits per heavy atom. The molecule has 0 saturated carbocycles. The van der Waals surface area contributed by atoms with Gasteiger partial charge in [0, 0.05) is 25.7 Å². The fraction of sp³-hybridized carbons (Fsp3) is 0.588. The summed E-state index contributed by atoms with van der Waals surface area (Å²) in [4.78, 5) is 5.37. The second-order valence-corrected chi connectivity index (χ2v) is 5.60. The van der Waals surface area contributed by atoms with Crippen molar-refractivity contribution < 1.29 is 17.9 Å². The summed E-state index contributed by atoms with van der Waals surface area (Å²) in [7, 11) is 3.12. The molecule has 5 nitrogen and oxygen atoms in total. The number of halogens is 3. The molecule has 0 aliphatic heterocycles. The van der Waals surface area contributed by atoms with Gasteiger partial charge in [-0.25, -0.2) is 0 Å². The number of guanidine groups is 1. The largest absolute Gasteiger partial charge is 0.494 e. The molecule has 0 heterocycles. The van der Waals surface area contributed by atoms with Crippen LogP contribution >= 0.6 is 0 Å². The first-order chi connectivity index (χ1) is 11.9. The minimum absolute atomic E-state index is 0.358. The Balaban J connectivity index is 2.34. The van der Waals surface area contributed by atoms with Crippen molar-refractivity contribution in [1.82, 2.24) is 15.5 Å². The van der Waals surface area contributed by atoms with Gasteiger partial charge in [-0.2, -0.15) is 13.2 Å². The van der Waals surface area contributed by atoms with Crippen LogP contribution in [0.15, 0.2) is 29.3 Å². The lowest BCUT2D eigenvalue weighted by Crippen LogP contribution is -2.39. The van der Waals surface area contributed by atoms with Crippen LogP contribution in [0.5, 0.6) is 5.75 Å². The fourth-order valence-corrected chi connectivity index (χ4v) is 2.29. The van der Waals surface area contributed by atoms with Crippen molar-refractivity contribution in [2.45, 2.75) is 26.1 Å². The highest BCUT2D eigenvalue weighted by molar-refractivity contribution is 5.79. The van der Waals surface area contributed by atoms with E-state index >= 15 is 0 Å². The molecule has 0 aliphatic carbocycles. The van der Waals surface area contributed by atoms with Gasteiger partial charge in [-0.05, 0) is 33.0 Å². The first kappa shape index (κ1) is 21.1. The first-order valence-corrected chi connectivity index (χ1v) is 8.26. The second kappa shape index (κ2) is 10.8. The molecular formula is C17H27F3N4O. The van der Waals surface area contributed by atoms with Crippen molar-refractivity contribution in [3.8, 4) is 5.75 Å². The Morgan fingerprint density at radius 2 is 1.96 bits per heavy atom. The Bertz CT molecular complexity index is 535. The van der Waals surface area contributed by atoms with Gasteiger partial charge in [0.15, 0.2) is 5.96 Å². The Labute approximate surface area is 147 Å². The highest BCUT2D eigenvalue weighted by Gasteiger charge is 2.28. The van der Waals surface area contributed by atoms with E-state index in [4.69, 9.17) is 4.74 Å². The number of rotatable bonds is 9. The van der Waals surface area contributed by atoms with Gasteiger partial charge in [0.25, 0.3) is 0 Å². The molecule has 142 valence electrons. The summed E-state index contributed by atoms with van der Waals surface area (Å²) < 4.78 is 42.3. The number of alkyl halides is 3. The minimum atomic E-state index is -4.16. The highest BCUT2D eigenvalue weighted by atomic mass is 19.4. The van der Waals surface area contributed by atoms with Gasteiger partial charge in [-0.15, -0.1) is 0 Å². The predicted octanol–water partition coefficient (Wildman–Crippen LogP) is 2.63. The van der Waals surface area contributed by atoms with Crippen LogP contribution < -0.4 is 15.4 Å². The van der Waals surface area contributed by atoms with Crippen molar-refractivity contribution in [2.75, 3.05) is 40.3 Å². The van der Waals surface area contributed by atoms with Crippen LogP contribution in [0, 0.1) is 0 Å². The number of hydrogen-bond acceptors (Lipinski definition) is 3. The standard InChI is InChI=1S/C17H27F3N4O/c1-4-25-15-9-6-5-8-14(15)12-23-16(21-2)22-10-7-11-24(3)13-17(18,19)20/h5-6,8-9H,4,7,10-13H2,1-3H3,(H2,21,22,23). The Kier molecular flexibility index (Phi) is 9.12. The molecule has 0 bridgehead atoms. The first-order valence-electron chi connectivity index (χ1n) is 8.26. The third kappa shape index (κ3) is 9.19. The molecular weight excluding hydrogens is 333 g/mol. The normalized spacial score (nSPS) is 12.4. The summed E-state index contributed by atoms with van der Waals surface area (Å²) in [5, 5.41) is 6.28. The summed E-state index contributed by atoms with van der Waals surface area (Å²) in [6.45, 7) is 3.07. The molecule has 0 amide bonds. The van der Waals surface area contributed by atoms with E-state index < -0.39 is 12.7 Å². The van der Waals surface area contributed by atoms with Gasteiger partial charge in [0.2, 0.25) is 0 Å². The van der Waals surface area contributed by atoms with Gasteiger partial charge in [-0.3, -0.25) is 9.89 Å². The van der Waals surface area contributed by atoms with E-state index in [1.165, 1.54) is 11.9 Å². The van der Waals surface area contributed by atoms with Crippen LogP contribution in [0.1, 0.15) is 18.9 Å². The number of ether oxygens (including phenoxy) is 1. The second-order valence-electron chi connectivity index (χ2n) is 5.60. The molecule has 0 unspecified atom stereocenters. The van der Waals surface area contributed by atoms with Gasteiger partial charge in [0.05, 0.1) is 13.2 Å². The number of nitrogens with zero attached hydrogens (tertiary/aromatic N) is 2. The molecule has 0 atom stereocenters. The van der Waals surface area contributed by atoms with E-state index in [-0.39, 0.29) is 0 Å². The van der Waals surface area contributed by atoms with Crippen molar-refractivity contribution in [1.29, 1.82) is 0 Å². The molecule has 1 aromatic rings. The number of benzene rings is 1. The molecule has 0 aliphatic rings. The molecule has 0 fully saturated rings. The molecule has 0 radical (unpaired) electrons. The lowest BCUT2D eigenvalue weighted by atomic mass is 10.2. The van der Waals surface area contributed by atoms with Crippen molar-refractivity contribution in [3.63, 3.8) is 0 Å².